The lowest BCUT2D eigenvalue weighted by atomic mass is 10.0. The van der Waals surface area contributed by atoms with Crippen LogP contribution >= 0.6 is 15.9 Å². The van der Waals surface area contributed by atoms with Gasteiger partial charge < -0.3 is 4.42 Å². The number of hydrogen-bond acceptors (Lipinski definition) is 5. The van der Waals surface area contributed by atoms with E-state index in [1.54, 1.807) is 6.20 Å². The Hall–Kier alpha value is -3.06. The number of nitrogens with zero attached hydrogens (tertiary/aromatic N) is 5. The third-order valence-corrected chi connectivity index (χ3v) is 5.09. The highest BCUT2D eigenvalue weighted by molar-refractivity contribution is 9.10. The normalized spacial score (nSPS) is 12.9. The molecule has 1 aromatic carbocycles. The van der Waals surface area contributed by atoms with Crippen LogP contribution in [0.1, 0.15) is 22.6 Å². The van der Waals surface area contributed by atoms with Gasteiger partial charge in [-0.3, -0.25) is 14.5 Å². The van der Waals surface area contributed by atoms with Crippen LogP contribution in [0.4, 0.5) is 0 Å². The summed E-state index contributed by atoms with van der Waals surface area (Å²) >= 11 is 3.58. The molecule has 0 radical (unpaired) electrons. The van der Waals surface area contributed by atoms with Crippen molar-refractivity contribution in [3.63, 3.8) is 0 Å². The zero-order valence-corrected chi connectivity index (χ0v) is 16.0. The Morgan fingerprint density at radius 2 is 2.04 bits per heavy atom. The van der Waals surface area contributed by atoms with Crippen LogP contribution in [-0.2, 0) is 6.54 Å². The average Bonchev–Trinajstić information content (AvgIpc) is 3.25. The maximum Gasteiger partial charge on any atom is 0.181 e. The third-order valence-electron chi connectivity index (χ3n) is 4.59. The summed E-state index contributed by atoms with van der Waals surface area (Å²) in [5, 5.41) is 0. The Morgan fingerprint density at radius 1 is 1.11 bits per heavy atom. The number of benzene rings is 1. The molecular weight excluding hydrogens is 406 g/mol. The van der Waals surface area contributed by atoms with Crippen molar-refractivity contribution in [1.82, 2.24) is 19.5 Å². The lowest BCUT2D eigenvalue weighted by molar-refractivity contribution is 0.568. The third kappa shape index (κ3) is 2.62. The van der Waals surface area contributed by atoms with Gasteiger partial charge in [-0.25, -0.2) is 9.97 Å². The summed E-state index contributed by atoms with van der Waals surface area (Å²) in [5.41, 5.74) is 6.25. The van der Waals surface area contributed by atoms with Gasteiger partial charge in [-0.2, -0.15) is 0 Å². The van der Waals surface area contributed by atoms with Gasteiger partial charge in [0.15, 0.2) is 12.2 Å². The fourth-order valence-electron chi connectivity index (χ4n) is 3.32. The predicted molar refractivity (Wildman–Crippen MR) is 105 cm³/mol. The van der Waals surface area contributed by atoms with E-state index in [2.05, 4.69) is 47.6 Å². The van der Waals surface area contributed by atoms with Gasteiger partial charge in [-0.15, -0.1) is 0 Å². The maximum atomic E-state index is 5.58. The molecule has 132 valence electrons. The van der Waals surface area contributed by atoms with Crippen molar-refractivity contribution < 1.29 is 4.42 Å². The number of rotatable bonds is 2. The summed E-state index contributed by atoms with van der Waals surface area (Å²) in [4.78, 5) is 18.2. The van der Waals surface area contributed by atoms with Gasteiger partial charge in [0.2, 0.25) is 0 Å². The minimum atomic E-state index is 0.466. The number of pyridine rings is 1. The lowest BCUT2D eigenvalue weighted by Crippen LogP contribution is -2.08. The quantitative estimate of drug-likeness (QED) is 0.484. The predicted octanol–water partition coefficient (Wildman–Crippen LogP) is 4.34. The van der Waals surface area contributed by atoms with Crippen molar-refractivity contribution >= 4 is 21.6 Å². The first-order valence-electron chi connectivity index (χ1n) is 8.45. The molecule has 7 heteroatoms. The fourth-order valence-corrected chi connectivity index (χ4v) is 3.68. The van der Waals surface area contributed by atoms with E-state index in [0.29, 0.717) is 12.3 Å². The number of aromatic nitrogens is 4. The van der Waals surface area contributed by atoms with E-state index in [1.165, 1.54) is 6.39 Å². The second-order valence-electron chi connectivity index (χ2n) is 6.22. The fraction of sp³-hybridized carbons (Fsp3) is 0.100. The van der Waals surface area contributed by atoms with Crippen LogP contribution in [0.25, 0.3) is 17.1 Å². The molecule has 3 aromatic heterocycles. The van der Waals surface area contributed by atoms with E-state index in [4.69, 9.17) is 9.41 Å². The Kier molecular flexibility index (Phi) is 3.75. The number of aliphatic imine (C=N–C) groups is 1. The van der Waals surface area contributed by atoms with Gasteiger partial charge in [0.1, 0.15) is 12.0 Å². The van der Waals surface area contributed by atoms with Gasteiger partial charge >= 0.3 is 0 Å². The number of oxazole rings is 1. The molecule has 4 aromatic rings. The minimum absolute atomic E-state index is 0.466. The zero-order chi connectivity index (χ0) is 18.4. The van der Waals surface area contributed by atoms with E-state index in [-0.39, 0.29) is 0 Å². The van der Waals surface area contributed by atoms with Crippen LogP contribution in [0.2, 0.25) is 0 Å². The second kappa shape index (κ2) is 6.28. The molecule has 0 amide bonds. The summed E-state index contributed by atoms with van der Waals surface area (Å²) in [6, 6.07) is 12.0. The largest absolute Gasteiger partial charge is 0.441 e. The second-order valence-corrected chi connectivity index (χ2v) is 7.13. The topological polar surface area (TPSA) is 69.1 Å². The van der Waals surface area contributed by atoms with Crippen LogP contribution in [0.5, 0.6) is 0 Å². The Labute approximate surface area is 163 Å². The molecule has 0 N–H and O–H groups in total. The molecule has 0 saturated carbocycles. The van der Waals surface area contributed by atoms with Crippen LogP contribution in [0, 0.1) is 6.92 Å². The number of halogens is 1. The highest BCUT2D eigenvalue weighted by atomic mass is 79.9. The first-order valence-corrected chi connectivity index (χ1v) is 9.24. The molecule has 6 nitrogen and oxygen atoms in total. The first-order chi connectivity index (χ1) is 13.2. The Bertz CT molecular complexity index is 1180. The van der Waals surface area contributed by atoms with Crippen LogP contribution in [0.3, 0.4) is 0 Å². The van der Waals surface area contributed by atoms with E-state index in [0.717, 1.165) is 44.2 Å². The highest BCUT2D eigenvalue weighted by Crippen LogP contribution is 2.32. The van der Waals surface area contributed by atoms with Crippen molar-refractivity contribution in [3.8, 4) is 17.1 Å². The molecule has 0 atom stereocenters. The molecule has 1 aliphatic rings. The van der Waals surface area contributed by atoms with Gasteiger partial charge in [0.25, 0.3) is 0 Å². The van der Waals surface area contributed by atoms with Gasteiger partial charge in [-0.05, 0) is 37.3 Å². The van der Waals surface area contributed by atoms with Gasteiger partial charge in [-0.1, -0.05) is 22.0 Å². The minimum Gasteiger partial charge on any atom is -0.441 e. The SMILES string of the molecule is Cc1ncoc1-c1ncn2c1CN=C(c1ccccn1)c1cc(Br)ccc1-2. The number of hydrogen-bond donors (Lipinski definition) is 0. The van der Waals surface area contributed by atoms with E-state index in [9.17, 15) is 0 Å². The Balaban J connectivity index is 1.76. The summed E-state index contributed by atoms with van der Waals surface area (Å²) < 4.78 is 8.63. The molecule has 27 heavy (non-hydrogen) atoms. The zero-order valence-electron chi connectivity index (χ0n) is 14.4. The van der Waals surface area contributed by atoms with Crippen molar-refractivity contribution in [3.05, 3.63) is 82.4 Å². The average molecular weight is 420 g/mol. The summed E-state index contributed by atoms with van der Waals surface area (Å²) in [5.74, 6) is 0.680. The Morgan fingerprint density at radius 3 is 2.81 bits per heavy atom. The summed E-state index contributed by atoms with van der Waals surface area (Å²) in [6.07, 6.45) is 5.04. The number of aryl methyl sites for hydroxylation is 1. The van der Waals surface area contributed by atoms with Crippen molar-refractivity contribution in [2.45, 2.75) is 13.5 Å². The number of fused-ring (bicyclic) bond motifs is 3. The van der Waals surface area contributed by atoms with Crippen LogP contribution < -0.4 is 0 Å². The number of imidazole rings is 1. The molecule has 0 saturated heterocycles. The molecule has 0 unspecified atom stereocenters. The van der Waals surface area contributed by atoms with E-state index >= 15 is 0 Å². The van der Waals surface area contributed by atoms with Crippen LogP contribution in [-0.4, -0.2) is 25.2 Å². The lowest BCUT2D eigenvalue weighted by Gasteiger charge is -2.11. The molecule has 1 aliphatic heterocycles. The maximum absolute atomic E-state index is 5.58. The van der Waals surface area contributed by atoms with E-state index < -0.39 is 0 Å². The highest BCUT2D eigenvalue weighted by Gasteiger charge is 2.24. The van der Waals surface area contributed by atoms with Gasteiger partial charge in [0.05, 0.1) is 35.0 Å². The molecule has 0 fully saturated rings. The molecule has 0 aliphatic carbocycles. The van der Waals surface area contributed by atoms with Crippen LogP contribution in [0.15, 0.2) is 69.2 Å². The molecule has 0 spiro atoms. The summed E-state index contributed by atoms with van der Waals surface area (Å²) in [6.45, 7) is 2.38. The standard InChI is InChI=1S/C20H14BrN5O/c1-12-20(27-11-25-12)19-17-9-23-18(15-4-2-3-7-22-15)14-8-13(21)5-6-16(14)26(17)10-24-19/h2-8,10-11H,9H2,1H3. The molecule has 4 heterocycles. The van der Waals surface area contributed by atoms with E-state index in [1.807, 2.05) is 37.5 Å². The smallest absolute Gasteiger partial charge is 0.181 e. The summed E-state index contributed by atoms with van der Waals surface area (Å²) in [7, 11) is 0. The van der Waals surface area contributed by atoms with Crippen molar-refractivity contribution in [1.29, 1.82) is 0 Å². The van der Waals surface area contributed by atoms with Crippen molar-refractivity contribution in [2.75, 3.05) is 0 Å². The molecule has 0 bridgehead atoms. The van der Waals surface area contributed by atoms with Gasteiger partial charge in [0, 0.05) is 16.2 Å². The van der Waals surface area contributed by atoms with Crippen molar-refractivity contribution in [2.24, 2.45) is 4.99 Å². The molecular formula is C20H14BrN5O. The monoisotopic (exact) mass is 419 g/mol. The first kappa shape index (κ1) is 16.1. The molecule has 5 rings (SSSR count).